The summed E-state index contributed by atoms with van der Waals surface area (Å²) < 4.78 is 10.4. The third kappa shape index (κ3) is 3.57. The average molecular weight is 298 g/mol. The number of amides is 1. The normalized spacial score (nSPS) is 18.8. The first kappa shape index (κ1) is 15.0. The molecule has 5 heteroatoms. The van der Waals surface area contributed by atoms with Crippen LogP contribution in [-0.2, 0) is 11.2 Å². The zero-order valence-corrected chi connectivity index (χ0v) is 12.7. The standard InChI is InChI=1S/C15H20ClNO3/c1-19-13-6-5-11(8-14(13)20-2)9-15(18)17-7-3-4-12(16)10-17/h5-6,8,12H,3-4,7,9-10H2,1-2H3. The number of carbonyl (C=O) groups is 1. The first-order valence-corrected chi connectivity index (χ1v) is 7.20. The third-order valence-corrected chi connectivity index (χ3v) is 3.88. The summed E-state index contributed by atoms with van der Waals surface area (Å²) in [6.45, 7) is 1.45. The number of hydrogen-bond acceptors (Lipinski definition) is 3. The zero-order chi connectivity index (χ0) is 14.5. The van der Waals surface area contributed by atoms with Gasteiger partial charge in [-0.15, -0.1) is 11.6 Å². The first-order valence-electron chi connectivity index (χ1n) is 6.76. The lowest BCUT2D eigenvalue weighted by atomic mass is 10.1. The van der Waals surface area contributed by atoms with Crippen molar-refractivity contribution in [3.05, 3.63) is 23.8 Å². The summed E-state index contributed by atoms with van der Waals surface area (Å²) in [5.41, 5.74) is 0.921. The van der Waals surface area contributed by atoms with Crippen molar-refractivity contribution in [3.8, 4) is 11.5 Å². The molecule has 0 radical (unpaired) electrons. The predicted octanol–water partition coefficient (Wildman–Crippen LogP) is 2.48. The Balaban J connectivity index is 2.03. The topological polar surface area (TPSA) is 38.8 Å². The van der Waals surface area contributed by atoms with Gasteiger partial charge in [0.2, 0.25) is 5.91 Å². The highest BCUT2D eigenvalue weighted by Crippen LogP contribution is 2.28. The van der Waals surface area contributed by atoms with Gasteiger partial charge in [-0.25, -0.2) is 0 Å². The van der Waals surface area contributed by atoms with Gasteiger partial charge in [-0.1, -0.05) is 6.07 Å². The van der Waals surface area contributed by atoms with Crippen molar-refractivity contribution < 1.29 is 14.3 Å². The Morgan fingerprint density at radius 3 is 2.75 bits per heavy atom. The van der Waals surface area contributed by atoms with E-state index in [1.165, 1.54) is 0 Å². The van der Waals surface area contributed by atoms with Gasteiger partial charge in [0.05, 0.1) is 26.0 Å². The molecule has 1 aromatic rings. The van der Waals surface area contributed by atoms with Crippen LogP contribution in [0.25, 0.3) is 0 Å². The van der Waals surface area contributed by atoms with Crippen LogP contribution in [0, 0.1) is 0 Å². The zero-order valence-electron chi connectivity index (χ0n) is 11.9. The molecule has 0 aliphatic carbocycles. The summed E-state index contributed by atoms with van der Waals surface area (Å²) in [5, 5.41) is 0.0816. The molecule has 0 bridgehead atoms. The number of benzene rings is 1. The Bertz CT molecular complexity index is 478. The van der Waals surface area contributed by atoms with Gasteiger partial charge in [0.1, 0.15) is 0 Å². The van der Waals surface area contributed by atoms with Gasteiger partial charge >= 0.3 is 0 Å². The van der Waals surface area contributed by atoms with Crippen LogP contribution < -0.4 is 9.47 Å². The molecule has 1 atom stereocenters. The van der Waals surface area contributed by atoms with Gasteiger partial charge in [0.25, 0.3) is 0 Å². The second-order valence-corrected chi connectivity index (χ2v) is 5.56. The molecule has 1 fully saturated rings. The Kier molecular flexibility index (Phi) is 5.12. The Morgan fingerprint density at radius 1 is 1.35 bits per heavy atom. The highest BCUT2D eigenvalue weighted by Gasteiger charge is 2.22. The summed E-state index contributed by atoms with van der Waals surface area (Å²) in [4.78, 5) is 14.1. The Labute approximate surface area is 124 Å². The molecule has 1 saturated heterocycles. The second kappa shape index (κ2) is 6.84. The van der Waals surface area contributed by atoms with Crippen LogP contribution >= 0.6 is 11.6 Å². The number of piperidine rings is 1. The molecule has 1 unspecified atom stereocenters. The Morgan fingerprint density at radius 2 is 2.10 bits per heavy atom. The van der Waals surface area contributed by atoms with Crippen molar-refractivity contribution in [2.45, 2.75) is 24.6 Å². The van der Waals surface area contributed by atoms with Crippen LogP contribution in [0.3, 0.4) is 0 Å². The lowest BCUT2D eigenvalue weighted by molar-refractivity contribution is -0.131. The minimum atomic E-state index is 0.0816. The molecule has 0 spiro atoms. The van der Waals surface area contributed by atoms with Gasteiger partial charge in [0, 0.05) is 13.1 Å². The van der Waals surface area contributed by atoms with Gasteiger partial charge < -0.3 is 14.4 Å². The van der Waals surface area contributed by atoms with E-state index >= 15 is 0 Å². The van der Waals surface area contributed by atoms with Crippen molar-refractivity contribution in [2.24, 2.45) is 0 Å². The van der Waals surface area contributed by atoms with E-state index in [9.17, 15) is 4.79 Å². The maximum absolute atomic E-state index is 12.3. The molecule has 1 aromatic carbocycles. The summed E-state index contributed by atoms with van der Waals surface area (Å²) in [6.07, 6.45) is 2.33. The molecule has 1 amide bonds. The number of hydrogen-bond donors (Lipinski definition) is 0. The van der Waals surface area contributed by atoms with Crippen LogP contribution in [0.2, 0.25) is 0 Å². The maximum atomic E-state index is 12.3. The number of halogens is 1. The van der Waals surface area contributed by atoms with Crippen LogP contribution in [0.5, 0.6) is 11.5 Å². The highest BCUT2D eigenvalue weighted by molar-refractivity contribution is 6.20. The monoisotopic (exact) mass is 297 g/mol. The minimum absolute atomic E-state index is 0.0816. The van der Waals surface area contributed by atoms with Crippen LogP contribution in [0.4, 0.5) is 0 Å². The highest BCUT2D eigenvalue weighted by atomic mass is 35.5. The van der Waals surface area contributed by atoms with Gasteiger partial charge in [0.15, 0.2) is 11.5 Å². The van der Waals surface area contributed by atoms with E-state index in [0.717, 1.165) is 24.9 Å². The van der Waals surface area contributed by atoms with Crippen LogP contribution in [0.1, 0.15) is 18.4 Å². The fourth-order valence-electron chi connectivity index (χ4n) is 2.43. The van der Waals surface area contributed by atoms with Gasteiger partial charge in [-0.2, -0.15) is 0 Å². The molecule has 2 rings (SSSR count). The molecular weight excluding hydrogens is 278 g/mol. The number of methoxy groups -OCH3 is 2. The molecule has 1 aliphatic rings. The number of alkyl halides is 1. The molecular formula is C15H20ClNO3. The van der Waals surface area contributed by atoms with E-state index in [1.807, 2.05) is 23.1 Å². The van der Waals surface area contributed by atoms with Crippen molar-refractivity contribution in [1.29, 1.82) is 0 Å². The van der Waals surface area contributed by atoms with Gasteiger partial charge in [-0.3, -0.25) is 4.79 Å². The average Bonchev–Trinajstić information content (AvgIpc) is 2.47. The van der Waals surface area contributed by atoms with Crippen molar-refractivity contribution >= 4 is 17.5 Å². The summed E-state index contributed by atoms with van der Waals surface area (Å²) in [5.74, 6) is 1.43. The van der Waals surface area contributed by atoms with E-state index in [4.69, 9.17) is 21.1 Å². The van der Waals surface area contributed by atoms with E-state index in [1.54, 1.807) is 14.2 Å². The lowest BCUT2D eigenvalue weighted by Crippen LogP contribution is -2.41. The van der Waals surface area contributed by atoms with Crippen molar-refractivity contribution in [3.63, 3.8) is 0 Å². The quantitative estimate of drug-likeness (QED) is 0.802. The molecule has 20 heavy (non-hydrogen) atoms. The fraction of sp³-hybridized carbons (Fsp3) is 0.533. The number of nitrogens with zero attached hydrogens (tertiary/aromatic N) is 1. The largest absolute Gasteiger partial charge is 0.493 e. The molecule has 0 saturated carbocycles. The maximum Gasteiger partial charge on any atom is 0.227 e. The van der Waals surface area contributed by atoms with Gasteiger partial charge in [-0.05, 0) is 30.5 Å². The van der Waals surface area contributed by atoms with E-state index in [0.29, 0.717) is 24.5 Å². The molecule has 1 heterocycles. The molecule has 110 valence electrons. The Hall–Kier alpha value is -1.42. The predicted molar refractivity (Wildman–Crippen MR) is 78.7 cm³/mol. The fourth-order valence-corrected chi connectivity index (χ4v) is 2.75. The summed E-state index contributed by atoms with van der Waals surface area (Å²) >= 11 is 6.12. The number of rotatable bonds is 4. The smallest absolute Gasteiger partial charge is 0.227 e. The van der Waals surface area contributed by atoms with Crippen LogP contribution in [0.15, 0.2) is 18.2 Å². The summed E-state index contributed by atoms with van der Waals surface area (Å²) in [7, 11) is 3.18. The van der Waals surface area contributed by atoms with Crippen molar-refractivity contribution in [2.75, 3.05) is 27.3 Å². The first-order chi connectivity index (χ1) is 9.63. The van der Waals surface area contributed by atoms with Crippen LogP contribution in [-0.4, -0.2) is 43.5 Å². The molecule has 4 nitrogen and oxygen atoms in total. The summed E-state index contributed by atoms with van der Waals surface area (Å²) in [6, 6.07) is 5.56. The van der Waals surface area contributed by atoms with Crippen molar-refractivity contribution in [1.82, 2.24) is 4.90 Å². The molecule has 0 N–H and O–H groups in total. The lowest BCUT2D eigenvalue weighted by Gasteiger charge is -2.30. The molecule has 0 aromatic heterocycles. The minimum Gasteiger partial charge on any atom is -0.493 e. The number of carbonyl (C=O) groups excluding carboxylic acids is 1. The second-order valence-electron chi connectivity index (χ2n) is 4.95. The van der Waals surface area contributed by atoms with E-state index < -0.39 is 0 Å². The van der Waals surface area contributed by atoms with E-state index in [2.05, 4.69) is 0 Å². The number of likely N-dealkylation sites (tertiary alicyclic amines) is 1. The van der Waals surface area contributed by atoms with E-state index in [-0.39, 0.29) is 11.3 Å². The SMILES string of the molecule is COc1ccc(CC(=O)N2CCCC(Cl)C2)cc1OC. The number of ether oxygens (including phenoxy) is 2. The third-order valence-electron chi connectivity index (χ3n) is 3.52. The molecule has 1 aliphatic heterocycles.